The number of carboxylic acids is 1. The quantitative estimate of drug-likeness (QED) is 0.198. The Morgan fingerprint density at radius 3 is 2.27 bits per heavy atom. The highest BCUT2D eigenvalue weighted by Crippen LogP contribution is 2.77. The summed E-state index contributed by atoms with van der Waals surface area (Å²) in [6.45, 7) is 25.4. The number of aliphatic carboxylic acids is 1. The highest BCUT2D eigenvalue weighted by Gasteiger charge is 2.70. The van der Waals surface area contributed by atoms with E-state index in [1.165, 1.54) is 12.0 Å². The number of Topliss-reactive ketones (excluding diaryl/α,β-unsaturated/α-hetero) is 1. The first-order valence-electron chi connectivity index (χ1n) is 22.0. The van der Waals surface area contributed by atoms with Gasteiger partial charge in [-0.2, -0.15) is 0 Å². The Hall–Kier alpha value is -2.58. The van der Waals surface area contributed by atoms with E-state index in [4.69, 9.17) is 4.74 Å². The average molecular weight is 774 g/mol. The molecule has 9 atom stereocenters. The number of hydrogen-bond acceptors (Lipinski definition) is 7. The third-order valence-electron chi connectivity index (χ3n) is 17.4. The smallest absolute Gasteiger partial charge is 0.309 e. The van der Waals surface area contributed by atoms with Crippen LogP contribution in [0.1, 0.15) is 151 Å². The van der Waals surface area contributed by atoms with Gasteiger partial charge in [-0.3, -0.25) is 24.3 Å². The minimum absolute atomic E-state index is 0.0741. The fourth-order valence-corrected chi connectivity index (χ4v) is 13.9. The minimum atomic E-state index is -1.15. The van der Waals surface area contributed by atoms with Gasteiger partial charge in [0.2, 0.25) is 0 Å². The second-order valence-corrected chi connectivity index (χ2v) is 21.7. The molecule has 0 aromatic carbocycles. The zero-order valence-corrected chi connectivity index (χ0v) is 37.1. The van der Waals surface area contributed by atoms with Gasteiger partial charge in [-0.05, 0) is 156 Å². The molecule has 0 aliphatic heterocycles. The van der Waals surface area contributed by atoms with Gasteiger partial charge in [0.15, 0.2) is 5.78 Å². The number of carbonyl (C=O) groups excluding carboxylic acids is 2. The van der Waals surface area contributed by atoms with Crippen molar-refractivity contribution in [3.05, 3.63) is 41.2 Å². The lowest BCUT2D eigenvalue weighted by Gasteiger charge is -2.72. The van der Waals surface area contributed by atoms with Crippen molar-refractivity contribution in [2.24, 2.45) is 56.2 Å². The maximum atomic E-state index is 14.3. The average Bonchev–Trinajstić information content (AvgIpc) is 3.41. The van der Waals surface area contributed by atoms with E-state index in [-0.39, 0.29) is 51.6 Å². The van der Waals surface area contributed by atoms with Crippen molar-refractivity contribution >= 4 is 17.7 Å². The van der Waals surface area contributed by atoms with Crippen molar-refractivity contribution in [1.82, 2.24) is 14.8 Å². The van der Waals surface area contributed by atoms with Crippen molar-refractivity contribution in [2.75, 3.05) is 33.7 Å². The number of rotatable bonds is 13. The normalized spacial score (nSPS) is 35.9. The van der Waals surface area contributed by atoms with Gasteiger partial charge in [0.05, 0.1) is 11.8 Å². The summed E-state index contributed by atoms with van der Waals surface area (Å²) < 4.78 is 6.21. The minimum Gasteiger partial charge on any atom is -0.481 e. The van der Waals surface area contributed by atoms with Crippen LogP contribution in [-0.4, -0.2) is 77.4 Å². The van der Waals surface area contributed by atoms with Crippen LogP contribution < -0.4 is 0 Å². The molecule has 0 radical (unpaired) electrons. The number of ether oxygens (including phenoxy) is 1. The third-order valence-corrected chi connectivity index (χ3v) is 17.4. The predicted molar refractivity (Wildman–Crippen MR) is 223 cm³/mol. The number of hydrogen-bond donors (Lipinski definition) is 1. The Labute approximate surface area is 339 Å². The lowest BCUT2D eigenvalue weighted by Crippen LogP contribution is -2.65. The molecule has 8 nitrogen and oxygen atoms in total. The Morgan fingerprint density at radius 2 is 1.64 bits per heavy atom. The summed E-state index contributed by atoms with van der Waals surface area (Å²) in [7, 11) is 4.30. The third kappa shape index (κ3) is 7.13. The molecule has 1 N–H and O–H groups in total. The van der Waals surface area contributed by atoms with Gasteiger partial charge in [0.25, 0.3) is 0 Å². The van der Waals surface area contributed by atoms with Crippen LogP contribution in [0.25, 0.3) is 0 Å². The maximum Gasteiger partial charge on any atom is 0.309 e. The molecule has 0 saturated heterocycles. The maximum absolute atomic E-state index is 14.3. The molecule has 5 aliphatic rings. The number of nitrogens with zero attached hydrogens (tertiary/aromatic N) is 3. The number of ketones is 1. The number of pyridine rings is 1. The van der Waals surface area contributed by atoms with Crippen molar-refractivity contribution in [2.45, 2.75) is 152 Å². The van der Waals surface area contributed by atoms with E-state index in [1.807, 2.05) is 18.5 Å². The van der Waals surface area contributed by atoms with Gasteiger partial charge >= 0.3 is 11.9 Å². The summed E-state index contributed by atoms with van der Waals surface area (Å²) in [4.78, 5) is 48.6. The van der Waals surface area contributed by atoms with Crippen LogP contribution >= 0.6 is 0 Å². The van der Waals surface area contributed by atoms with E-state index >= 15 is 0 Å². The van der Waals surface area contributed by atoms with Crippen LogP contribution in [0, 0.1) is 56.2 Å². The van der Waals surface area contributed by atoms with Crippen molar-refractivity contribution in [3.8, 4) is 0 Å². The Balaban J connectivity index is 1.27. The monoisotopic (exact) mass is 774 g/mol. The molecule has 1 aromatic rings. The Kier molecular flexibility index (Phi) is 11.7. The van der Waals surface area contributed by atoms with Crippen molar-refractivity contribution in [3.63, 3.8) is 0 Å². The summed E-state index contributed by atoms with van der Waals surface area (Å²) in [5.41, 5.74) is 2.86. The topological polar surface area (TPSA) is 100 Å². The molecule has 0 bridgehead atoms. The van der Waals surface area contributed by atoms with Gasteiger partial charge < -0.3 is 14.7 Å². The summed E-state index contributed by atoms with van der Waals surface area (Å²) in [6, 6.07) is 4.48. The highest BCUT2D eigenvalue weighted by molar-refractivity contribution is 6.00. The van der Waals surface area contributed by atoms with Crippen LogP contribution in [0.2, 0.25) is 0 Å². The summed E-state index contributed by atoms with van der Waals surface area (Å²) in [5.74, 6) is 0.621. The highest BCUT2D eigenvalue weighted by atomic mass is 16.5. The van der Waals surface area contributed by atoms with Gasteiger partial charge in [-0.15, -0.1) is 0 Å². The molecule has 0 spiro atoms. The van der Waals surface area contributed by atoms with Gasteiger partial charge in [-0.1, -0.05) is 60.1 Å². The molecule has 312 valence electrons. The van der Waals surface area contributed by atoms with E-state index < -0.39 is 17.4 Å². The van der Waals surface area contributed by atoms with Crippen LogP contribution in [0.5, 0.6) is 0 Å². The van der Waals surface area contributed by atoms with Crippen molar-refractivity contribution < 1.29 is 24.2 Å². The van der Waals surface area contributed by atoms with Crippen LogP contribution in [0.3, 0.4) is 0 Å². The summed E-state index contributed by atoms with van der Waals surface area (Å²) in [6.07, 6.45) is 13.8. The zero-order valence-electron chi connectivity index (χ0n) is 37.1. The molecular weight excluding hydrogens is 699 g/mol. The summed E-state index contributed by atoms with van der Waals surface area (Å²) in [5, 5.41) is 9.65. The SMILES string of the molecule is CC(C)C1=C2[C@H]3CC[C@@H]4[C@@]5(C)CC[C@H](OC(=O)CC(C)(C)C(=O)O)C(C)(C)[C@@H]5CC[C@@]4(C)[C@]3(C)CC[C@@]2(CCN(CCN(C)C)[C@@H](C)c2cccnc2)CC1=O. The fourth-order valence-electron chi connectivity index (χ4n) is 13.9. The molecule has 0 amide bonds. The number of esters is 1. The van der Waals surface area contributed by atoms with E-state index in [1.54, 1.807) is 19.4 Å². The molecule has 0 unspecified atom stereocenters. The molecule has 56 heavy (non-hydrogen) atoms. The van der Waals surface area contributed by atoms with Crippen LogP contribution in [0.4, 0.5) is 0 Å². The first kappa shape index (κ1) is 43.0. The molecule has 1 heterocycles. The lowest BCUT2D eigenvalue weighted by atomic mass is 9.33. The van der Waals surface area contributed by atoms with Crippen molar-refractivity contribution in [1.29, 1.82) is 0 Å². The van der Waals surface area contributed by atoms with Gasteiger partial charge in [0.1, 0.15) is 6.10 Å². The van der Waals surface area contributed by atoms with E-state index in [2.05, 4.69) is 90.3 Å². The fraction of sp³-hybridized carbons (Fsp3) is 0.792. The number of carboxylic acid groups (broad SMARTS) is 1. The molecule has 5 aliphatic carbocycles. The Bertz CT molecular complexity index is 1680. The molecular formula is C48H75N3O5. The molecule has 4 saturated carbocycles. The number of fused-ring (bicyclic) bond motifs is 7. The van der Waals surface area contributed by atoms with Gasteiger partial charge in [-0.25, -0.2) is 0 Å². The lowest BCUT2D eigenvalue weighted by molar-refractivity contribution is -0.233. The second kappa shape index (κ2) is 15.2. The number of carbonyl (C=O) groups is 3. The summed E-state index contributed by atoms with van der Waals surface area (Å²) >= 11 is 0. The first-order valence-corrected chi connectivity index (χ1v) is 22.0. The standard InChI is InChI=1S/C48H75N3O5/c1-31(2)40-35(52)28-48(23-25-51(27-26-50(11)12)32(3)33-14-13-24-49-30-33)22-21-46(9)34(41(40)48)15-16-37-45(8)19-18-38(56-39(53)29-43(4,5)42(54)55)44(6,7)36(45)17-20-47(37,46)10/h13-14,24,30-32,34,36-38H,15-23,25-29H2,1-12H3,(H,54,55)/t32-,34+,36-,37+,38-,45-,46+,47+,48+/m0/s1. The number of aromatic nitrogens is 1. The molecule has 4 fully saturated rings. The molecule has 6 rings (SSSR count). The number of allylic oxidation sites excluding steroid dienone is 2. The molecule has 1 aromatic heterocycles. The Morgan fingerprint density at radius 1 is 0.929 bits per heavy atom. The van der Waals surface area contributed by atoms with E-state index in [9.17, 15) is 19.5 Å². The molecule has 8 heteroatoms. The first-order chi connectivity index (χ1) is 26.0. The largest absolute Gasteiger partial charge is 0.481 e. The van der Waals surface area contributed by atoms with E-state index in [0.29, 0.717) is 30.0 Å². The van der Waals surface area contributed by atoms with Crippen LogP contribution in [0.15, 0.2) is 35.7 Å². The van der Waals surface area contributed by atoms with Gasteiger partial charge in [0, 0.05) is 48.8 Å². The number of likely N-dealkylation sites (N-methyl/N-ethyl adjacent to an activating group) is 1. The van der Waals surface area contributed by atoms with Crippen LogP contribution in [-0.2, 0) is 19.1 Å². The zero-order chi connectivity index (χ0) is 41.2. The predicted octanol–water partition coefficient (Wildman–Crippen LogP) is 9.79. The second-order valence-electron chi connectivity index (χ2n) is 21.7. The van der Waals surface area contributed by atoms with E-state index in [0.717, 1.165) is 76.6 Å².